The number of amides is 2. The summed E-state index contributed by atoms with van der Waals surface area (Å²) < 4.78 is 28.7. The van der Waals surface area contributed by atoms with Gasteiger partial charge in [-0.05, 0) is 44.5 Å². The van der Waals surface area contributed by atoms with Crippen molar-refractivity contribution in [3.05, 3.63) is 59.7 Å². The molecule has 0 aliphatic carbocycles. The number of rotatable bonds is 8. The zero-order valence-electron chi connectivity index (χ0n) is 19.8. The molecule has 0 unspecified atom stereocenters. The molecule has 1 fully saturated rings. The molecule has 9 nitrogen and oxygen atoms in total. The predicted molar refractivity (Wildman–Crippen MR) is 132 cm³/mol. The van der Waals surface area contributed by atoms with E-state index in [1.807, 2.05) is 49.9 Å². The number of carbonyl (C=O) groups is 2. The van der Waals surface area contributed by atoms with Crippen LogP contribution in [0.3, 0.4) is 0 Å². The highest BCUT2D eigenvalue weighted by molar-refractivity contribution is 7.89. The van der Waals surface area contributed by atoms with Crippen molar-refractivity contribution in [1.82, 2.24) is 14.5 Å². The monoisotopic (exact) mass is 487 g/mol. The Morgan fingerprint density at radius 3 is 2.29 bits per heavy atom. The fourth-order valence-corrected chi connectivity index (χ4v) is 6.40. The number of anilines is 1. The van der Waals surface area contributed by atoms with Crippen molar-refractivity contribution in [2.75, 3.05) is 38.0 Å². The Bertz CT molecular complexity index is 1130. The standard InChI is InChI=1S/C24H33N5O4S/c1-17-8-4-6-10-21(17)27-23(30)16-28-14-18(2)29(19(3)15-28)34(32,33)22-11-7-5-9-20(22)24(31)26-13-12-25/h4-11,18-19H,12-16,25H2,1-3H3,(H,26,31)(H,27,30)/t18-,19+. The number of nitrogens with one attached hydrogen (secondary N) is 2. The topological polar surface area (TPSA) is 125 Å². The third-order valence-electron chi connectivity index (χ3n) is 5.82. The van der Waals surface area contributed by atoms with Gasteiger partial charge >= 0.3 is 0 Å². The maximum Gasteiger partial charge on any atom is 0.252 e. The molecule has 4 N–H and O–H groups in total. The molecule has 0 bridgehead atoms. The van der Waals surface area contributed by atoms with Crippen molar-refractivity contribution in [3.8, 4) is 0 Å². The molecule has 2 amide bonds. The van der Waals surface area contributed by atoms with Crippen LogP contribution in [0.15, 0.2) is 53.4 Å². The van der Waals surface area contributed by atoms with Gasteiger partial charge in [-0.15, -0.1) is 0 Å². The summed E-state index contributed by atoms with van der Waals surface area (Å²) >= 11 is 0. The first-order valence-corrected chi connectivity index (χ1v) is 12.8. The average Bonchev–Trinajstić information content (AvgIpc) is 2.78. The van der Waals surface area contributed by atoms with E-state index in [-0.39, 0.29) is 48.1 Å². The van der Waals surface area contributed by atoms with Crippen LogP contribution in [0.4, 0.5) is 5.69 Å². The molecule has 1 saturated heterocycles. The number of nitrogens with two attached hydrogens (primary N) is 1. The molecule has 0 spiro atoms. The zero-order chi connectivity index (χ0) is 24.9. The van der Waals surface area contributed by atoms with Gasteiger partial charge in [0, 0.05) is 44.0 Å². The van der Waals surface area contributed by atoms with Gasteiger partial charge in [0.15, 0.2) is 0 Å². The highest BCUT2D eigenvalue weighted by Gasteiger charge is 2.40. The number of benzene rings is 2. The van der Waals surface area contributed by atoms with Gasteiger partial charge in [0.2, 0.25) is 15.9 Å². The van der Waals surface area contributed by atoms with Crippen LogP contribution in [0.5, 0.6) is 0 Å². The van der Waals surface area contributed by atoms with E-state index in [0.717, 1.165) is 11.3 Å². The summed E-state index contributed by atoms with van der Waals surface area (Å²) in [6.45, 7) is 7.02. The van der Waals surface area contributed by atoms with Crippen molar-refractivity contribution in [2.24, 2.45) is 5.73 Å². The van der Waals surface area contributed by atoms with E-state index in [0.29, 0.717) is 13.1 Å². The van der Waals surface area contributed by atoms with Gasteiger partial charge in [0.1, 0.15) is 0 Å². The normalized spacial score (nSPS) is 19.5. The number of para-hydroxylation sites is 1. The van der Waals surface area contributed by atoms with Crippen LogP contribution in [0.2, 0.25) is 0 Å². The number of carbonyl (C=O) groups excluding carboxylic acids is 2. The van der Waals surface area contributed by atoms with E-state index in [1.165, 1.54) is 16.4 Å². The Kier molecular flexibility index (Phi) is 8.42. The number of aryl methyl sites for hydroxylation is 1. The molecule has 0 saturated carbocycles. The Morgan fingerprint density at radius 2 is 1.65 bits per heavy atom. The fraction of sp³-hybridized carbons (Fsp3) is 0.417. The van der Waals surface area contributed by atoms with Crippen molar-refractivity contribution < 1.29 is 18.0 Å². The van der Waals surface area contributed by atoms with Crippen molar-refractivity contribution >= 4 is 27.5 Å². The molecule has 34 heavy (non-hydrogen) atoms. The summed E-state index contributed by atoms with van der Waals surface area (Å²) in [4.78, 5) is 27.1. The van der Waals surface area contributed by atoms with Crippen LogP contribution in [0.25, 0.3) is 0 Å². The van der Waals surface area contributed by atoms with Crippen molar-refractivity contribution in [2.45, 2.75) is 37.8 Å². The molecule has 2 aromatic carbocycles. The smallest absolute Gasteiger partial charge is 0.252 e. The molecule has 2 atom stereocenters. The highest BCUT2D eigenvalue weighted by Crippen LogP contribution is 2.27. The molecule has 0 aromatic heterocycles. The van der Waals surface area contributed by atoms with Crippen molar-refractivity contribution in [1.29, 1.82) is 0 Å². The van der Waals surface area contributed by atoms with Gasteiger partial charge in [-0.25, -0.2) is 8.42 Å². The SMILES string of the molecule is Cc1ccccc1NC(=O)CN1C[C@@H](C)N(S(=O)(=O)c2ccccc2C(=O)NCCN)[C@@H](C)C1. The molecule has 1 heterocycles. The second kappa shape index (κ2) is 11.1. The second-order valence-corrected chi connectivity index (χ2v) is 10.4. The van der Waals surface area contributed by atoms with Gasteiger partial charge in [-0.2, -0.15) is 4.31 Å². The van der Waals surface area contributed by atoms with Crippen LogP contribution in [-0.2, 0) is 14.8 Å². The van der Waals surface area contributed by atoms with Crippen molar-refractivity contribution in [3.63, 3.8) is 0 Å². The highest BCUT2D eigenvalue weighted by atomic mass is 32.2. The van der Waals surface area contributed by atoms with E-state index in [4.69, 9.17) is 5.73 Å². The lowest BCUT2D eigenvalue weighted by Crippen LogP contribution is -2.59. The minimum absolute atomic E-state index is 0.0334. The van der Waals surface area contributed by atoms with E-state index < -0.39 is 15.9 Å². The zero-order valence-corrected chi connectivity index (χ0v) is 20.6. The van der Waals surface area contributed by atoms with E-state index in [1.54, 1.807) is 12.1 Å². The minimum atomic E-state index is -3.95. The molecule has 0 radical (unpaired) electrons. The number of hydrogen-bond acceptors (Lipinski definition) is 6. The number of sulfonamides is 1. The van der Waals surface area contributed by atoms with Gasteiger partial charge in [-0.1, -0.05) is 30.3 Å². The van der Waals surface area contributed by atoms with Crippen LogP contribution in [0.1, 0.15) is 29.8 Å². The first-order valence-electron chi connectivity index (χ1n) is 11.3. The lowest BCUT2D eigenvalue weighted by atomic mass is 10.1. The number of nitrogens with zero attached hydrogens (tertiary/aromatic N) is 2. The predicted octanol–water partition coefficient (Wildman–Crippen LogP) is 1.41. The van der Waals surface area contributed by atoms with Crippen LogP contribution < -0.4 is 16.4 Å². The molecule has 1 aliphatic heterocycles. The largest absolute Gasteiger partial charge is 0.351 e. The summed E-state index contributed by atoms with van der Waals surface area (Å²) in [7, 11) is -3.95. The first-order chi connectivity index (χ1) is 16.1. The van der Waals surface area contributed by atoms with Gasteiger partial charge < -0.3 is 16.4 Å². The summed E-state index contributed by atoms with van der Waals surface area (Å²) in [6, 6.07) is 13.0. The fourth-order valence-electron chi connectivity index (χ4n) is 4.40. The Morgan fingerprint density at radius 1 is 1.03 bits per heavy atom. The summed E-state index contributed by atoms with van der Waals surface area (Å²) in [5.74, 6) is -0.622. The molecule has 2 aromatic rings. The summed E-state index contributed by atoms with van der Waals surface area (Å²) in [6.07, 6.45) is 0. The first kappa shape index (κ1) is 25.8. The third kappa shape index (κ3) is 5.82. The van der Waals surface area contributed by atoms with Gasteiger partial charge in [0.25, 0.3) is 5.91 Å². The molecular weight excluding hydrogens is 454 g/mol. The molecular formula is C24H33N5O4S. The lowest BCUT2D eigenvalue weighted by Gasteiger charge is -2.43. The van der Waals surface area contributed by atoms with Gasteiger partial charge in [0.05, 0.1) is 17.0 Å². The average molecular weight is 488 g/mol. The van der Waals surface area contributed by atoms with E-state index in [2.05, 4.69) is 10.6 Å². The Labute approximate surface area is 201 Å². The van der Waals surface area contributed by atoms with Crippen LogP contribution >= 0.6 is 0 Å². The second-order valence-electron chi connectivity index (χ2n) is 8.63. The Balaban J connectivity index is 1.74. The van der Waals surface area contributed by atoms with E-state index >= 15 is 0 Å². The molecule has 3 rings (SSSR count). The minimum Gasteiger partial charge on any atom is -0.351 e. The summed E-state index contributed by atoms with van der Waals surface area (Å²) in [5.41, 5.74) is 7.29. The van der Waals surface area contributed by atoms with E-state index in [9.17, 15) is 18.0 Å². The molecule has 10 heteroatoms. The maximum atomic E-state index is 13.6. The quantitative estimate of drug-likeness (QED) is 0.517. The number of hydrogen-bond donors (Lipinski definition) is 3. The third-order valence-corrected chi connectivity index (χ3v) is 8.00. The van der Waals surface area contributed by atoms with Gasteiger partial charge in [-0.3, -0.25) is 14.5 Å². The molecule has 1 aliphatic rings. The Hall–Kier alpha value is -2.79. The van der Waals surface area contributed by atoms with Crippen LogP contribution in [0, 0.1) is 6.92 Å². The lowest BCUT2D eigenvalue weighted by molar-refractivity contribution is -0.118. The molecule has 184 valence electrons. The maximum absolute atomic E-state index is 13.6. The number of piperazine rings is 1. The van der Waals surface area contributed by atoms with Crippen LogP contribution in [-0.4, -0.2) is 74.2 Å². The summed E-state index contributed by atoms with van der Waals surface area (Å²) in [5, 5.41) is 5.56.